The summed E-state index contributed by atoms with van der Waals surface area (Å²) in [4.78, 5) is 13.4. The van der Waals surface area contributed by atoms with Crippen LogP contribution < -0.4 is 10.6 Å². The van der Waals surface area contributed by atoms with E-state index in [0.29, 0.717) is 12.3 Å². The number of nitrogen functional groups attached to an aromatic ring is 1. The molecule has 0 fully saturated rings. The first-order valence-electron chi connectivity index (χ1n) is 6.35. The van der Waals surface area contributed by atoms with E-state index < -0.39 is 0 Å². The fourth-order valence-corrected chi connectivity index (χ4v) is 1.55. The van der Waals surface area contributed by atoms with Gasteiger partial charge in [0.15, 0.2) is 0 Å². The van der Waals surface area contributed by atoms with E-state index in [1.54, 1.807) is 24.1 Å². The molecule has 0 aliphatic carbocycles. The Morgan fingerprint density at radius 3 is 2.56 bits per heavy atom. The van der Waals surface area contributed by atoms with Crippen molar-refractivity contribution < 1.29 is 9.53 Å². The molecule has 2 N–H and O–H groups in total. The maximum atomic E-state index is 11.8. The van der Waals surface area contributed by atoms with E-state index in [1.165, 1.54) is 0 Å². The number of carbonyl (C=O) groups is 1. The SMILES string of the molecule is CCCCCOCC(=O)N(C)c1ccc(N)cc1. The number of unbranched alkanes of at least 4 members (excludes halogenated alkanes) is 2. The van der Waals surface area contributed by atoms with Gasteiger partial charge in [-0.25, -0.2) is 0 Å². The van der Waals surface area contributed by atoms with Gasteiger partial charge in [-0.2, -0.15) is 0 Å². The number of hydrogen-bond donors (Lipinski definition) is 1. The highest BCUT2D eigenvalue weighted by Gasteiger charge is 2.10. The summed E-state index contributed by atoms with van der Waals surface area (Å²) in [5, 5.41) is 0. The summed E-state index contributed by atoms with van der Waals surface area (Å²) in [6.45, 7) is 2.92. The van der Waals surface area contributed by atoms with Crippen molar-refractivity contribution in [3.8, 4) is 0 Å². The van der Waals surface area contributed by atoms with Crippen LogP contribution in [0, 0.1) is 0 Å². The molecular weight excluding hydrogens is 228 g/mol. The van der Waals surface area contributed by atoms with Gasteiger partial charge in [0.1, 0.15) is 6.61 Å². The van der Waals surface area contributed by atoms with Gasteiger partial charge in [0.25, 0.3) is 5.91 Å². The molecule has 0 aliphatic rings. The zero-order valence-corrected chi connectivity index (χ0v) is 11.2. The lowest BCUT2D eigenvalue weighted by Crippen LogP contribution is -2.30. The molecule has 0 aliphatic heterocycles. The Hall–Kier alpha value is -1.55. The van der Waals surface area contributed by atoms with Crippen molar-refractivity contribution in [1.29, 1.82) is 0 Å². The molecule has 0 heterocycles. The lowest BCUT2D eigenvalue weighted by molar-refractivity contribution is -0.122. The number of nitrogens with zero attached hydrogens (tertiary/aromatic N) is 1. The van der Waals surface area contributed by atoms with Crippen LogP contribution in [-0.4, -0.2) is 26.2 Å². The van der Waals surface area contributed by atoms with Crippen molar-refractivity contribution in [2.24, 2.45) is 0 Å². The highest BCUT2D eigenvalue weighted by Crippen LogP contribution is 2.14. The predicted octanol–water partition coefficient (Wildman–Crippen LogP) is 2.44. The Morgan fingerprint density at radius 2 is 1.94 bits per heavy atom. The average molecular weight is 250 g/mol. The molecule has 0 saturated heterocycles. The number of ether oxygens (including phenoxy) is 1. The van der Waals surface area contributed by atoms with Gasteiger partial charge in [-0.15, -0.1) is 0 Å². The Kier molecular flexibility index (Phi) is 6.22. The molecule has 18 heavy (non-hydrogen) atoms. The van der Waals surface area contributed by atoms with E-state index in [0.717, 1.165) is 24.9 Å². The van der Waals surface area contributed by atoms with Gasteiger partial charge in [0.05, 0.1) is 0 Å². The summed E-state index contributed by atoms with van der Waals surface area (Å²) in [5.41, 5.74) is 7.12. The van der Waals surface area contributed by atoms with E-state index in [4.69, 9.17) is 10.5 Å². The number of nitrogens with two attached hydrogens (primary N) is 1. The maximum absolute atomic E-state index is 11.8. The molecule has 0 atom stereocenters. The van der Waals surface area contributed by atoms with Crippen LogP contribution in [0.5, 0.6) is 0 Å². The summed E-state index contributed by atoms with van der Waals surface area (Å²) >= 11 is 0. The molecule has 1 rings (SSSR count). The fourth-order valence-electron chi connectivity index (χ4n) is 1.55. The van der Waals surface area contributed by atoms with E-state index >= 15 is 0 Å². The van der Waals surface area contributed by atoms with E-state index in [9.17, 15) is 4.79 Å². The van der Waals surface area contributed by atoms with E-state index in [2.05, 4.69) is 6.92 Å². The zero-order valence-electron chi connectivity index (χ0n) is 11.2. The number of carbonyl (C=O) groups excluding carboxylic acids is 1. The number of hydrogen-bond acceptors (Lipinski definition) is 3. The summed E-state index contributed by atoms with van der Waals surface area (Å²) in [5.74, 6) is -0.0451. The molecule has 100 valence electrons. The van der Waals surface area contributed by atoms with Crippen LogP contribution >= 0.6 is 0 Å². The monoisotopic (exact) mass is 250 g/mol. The standard InChI is InChI=1S/C14H22N2O2/c1-3-4-5-10-18-11-14(17)16(2)13-8-6-12(15)7-9-13/h6-9H,3-5,10-11,15H2,1-2H3. The number of likely N-dealkylation sites (N-methyl/N-ethyl adjacent to an activating group) is 1. The van der Waals surface area contributed by atoms with Gasteiger partial charge >= 0.3 is 0 Å². The third kappa shape index (κ3) is 4.75. The van der Waals surface area contributed by atoms with Gasteiger partial charge in [-0.3, -0.25) is 4.79 Å². The number of benzene rings is 1. The molecule has 0 saturated carbocycles. The fraction of sp³-hybridized carbons (Fsp3) is 0.500. The van der Waals surface area contributed by atoms with Crippen LogP contribution in [0.25, 0.3) is 0 Å². The van der Waals surface area contributed by atoms with Crippen LogP contribution in [0.3, 0.4) is 0 Å². The molecule has 4 heteroatoms. The van der Waals surface area contributed by atoms with Crippen molar-refractivity contribution in [3.05, 3.63) is 24.3 Å². The van der Waals surface area contributed by atoms with E-state index in [1.807, 2.05) is 12.1 Å². The van der Waals surface area contributed by atoms with Crippen LogP contribution in [-0.2, 0) is 9.53 Å². The lowest BCUT2D eigenvalue weighted by Gasteiger charge is -2.17. The molecule has 0 aromatic heterocycles. The van der Waals surface area contributed by atoms with Gasteiger partial charge in [0, 0.05) is 25.0 Å². The molecule has 0 spiro atoms. The smallest absolute Gasteiger partial charge is 0.252 e. The molecule has 1 aromatic rings. The van der Waals surface area contributed by atoms with Crippen LogP contribution in [0.2, 0.25) is 0 Å². The topological polar surface area (TPSA) is 55.6 Å². The molecule has 1 aromatic carbocycles. The highest BCUT2D eigenvalue weighted by molar-refractivity contribution is 5.93. The summed E-state index contributed by atoms with van der Waals surface area (Å²) in [6, 6.07) is 7.21. The quantitative estimate of drug-likeness (QED) is 0.597. The average Bonchev–Trinajstić information content (AvgIpc) is 2.38. The largest absolute Gasteiger partial charge is 0.399 e. The summed E-state index contributed by atoms with van der Waals surface area (Å²) in [6.07, 6.45) is 3.31. The van der Waals surface area contributed by atoms with Gasteiger partial charge in [-0.1, -0.05) is 19.8 Å². The molecule has 4 nitrogen and oxygen atoms in total. The van der Waals surface area contributed by atoms with Crippen molar-refractivity contribution in [2.45, 2.75) is 26.2 Å². The Morgan fingerprint density at radius 1 is 1.28 bits per heavy atom. The second-order valence-corrected chi connectivity index (χ2v) is 4.30. The third-order valence-electron chi connectivity index (χ3n) is 2.77. The van der Waals surface area contributed by atoms with Gasteiger partial charge in [0.2, 0.25) is 0 Å². The number of amides is 1. The molecule has 1 amide bonds. The minimum Gasteiger partial charge on any atom is -0.399 e. The highest BCUT2D eigenvalue weighted by atomic mass is 16.5. The van der Waals surface area contributed by atoms with Gasteiger partial charge < -0.3 is 15.4 Å². The molecule has 0 radical (unpaired) electrons. The number of rotatable bonds is 7. The normalized spacial score (nSPS) is 10.3. The Bertz CT molecular complexity index is 363. The lowest BCUT2D eigenvalue weighted by atomic mass is 10.2. The summed E-state index contributed by atoms with van der Waals surface area (Å²) < 4.78 is 5.35. The number of anilines is 2. The minimum absolute atomic E-state index is 0.0451. The predicted molar refractivity (Wildman–Crippen MR) is 74.6 cm³/mol. The Balaban J connectivity index is 2.34. The van der Waals surface area contributed by atoms with Crippen LogP contribution in [0.1, 0.15) is 26.2 Å². The van der Waals surface area contributed by atoms with Gasteiger partial charge in [-0.05, 0) is 30.7 Å². The van der Waals surface area contributed by atoms with Crippen molar-refractivity contribution >= 4 is 17.3 Å². The van der Waals surface area contributed by atoms with E-state index in [-0.39, 0.29) is 12.5 Å². The molecule has 0 unspecified atom stereocenters. The first-order valence-corrected chi connectivity index (χ1v) is 6.35. The molecule has 0 bridgehead atoms. The second kappa shape index (κ2) is 7.71. The zero-order chi connectivity index (χ0) is 13.4. The second-order valence-electron chi connectivity index (χ2n) is 4.30. The van der Waals surface area contributed by atoms with Crippen molar-refractivity contribution in [3.63, 3.8) is 0 Å². The van der Waals surface area contributed by atoms with Crippen LogP contribution in [0.15, 0.2) is 24.3 Å². The summed E-state index contributed by atoms with van der Waals surface area (Å²) in [7, 11) is 1.74. The van der Waals surface area contributed by atoms with Crippen molar-refractivity contribution in [2.75, 3.05) is 30.9 Å². The first-order chi connectivity index (χ1) is 8.65. The van der Waals surface area contributed by atoms with Crippen LogP contribution in [0.4, 0.5) is 11.4 Å². The van der Waals surface area contributed by atoms with Crippen molar-refractivity contribution in [1.82, 2.24) is 0 Å². The third-order valence-corrected chi connectivity index (χ3v) is 2.77. The molecular formula is C14H22N2O2. The Labute approximate surface area is 109 Å². The first kappa shape index (κ1) is 14.5. The minimum atomic E-state index is -0.0451. The maximum Gasteiger partial charge on any atom is 0.252 e.